The lowest BCUT2D eigenvalue weighted by Crippen LogP contribution is -2.42. The Morgan fingerprint density at radius 3 is 2.35 bits per heavy atom. The summed E-state index contributed by atoms with van der Waals surface area (Å²) < 4.78 is 6.60. The fraction of sp³-hybridized carbons (Fsp3) is 0.344. The Morgan fingerprint density at radius 2 is 1.59 bits per heavy atom. The predicted octanol–water partition coefficient (Wildman–Crippen LogP) is 8.19. The molecule has 2 saturated carbocycles. The van der Waals surface area contributed by atoms with E-state index < -0.39 is 0 Å². The van der Waals surface area contributed by atoms with Crippen LogP contribution in [0, 0.1) is 17.3 Å². The summed E-state index contributed by atoms with van der Waals surface area (Å²) >= 11 is 0. The minimum atomic E-state index is -0.0753. The first-order chi connectivity index (χ1) is 16.6. The van der Waals surface area contributed by atoms with Crippen molar-refractivity contribution in [3.63, 3.8) is 0 Å². The first-order valence-electron chi connectivity index (χ1n) is 12.9. The highest BCUT2D eigenvalue weighted by atomic mass is 16.3. The van der Waals surface area contributed by atoms with Gasteiger partial charge in [-0.1, -0.05) is 67.6 Å². The van der Waals surface area contributed by atoms with E-state index in [2.05, 4.69) is 79.7 Å². The number of fused-ring (bicyclic) bond motifs is 6. The van der Waals surface area contributed by atoms with E-state index in [-0.39, 0.29) is 5.41 Å². The van der Waals surface area contributed by atoms with Gasteiger partial charge in [0.25, 0.3) is 0 Å². The van der Waals surface area contributed by atoms with Gasteiger partial charge in [-0.3, -0.25) is 4.79 Å². The van der Waals surface area contributed by atoms with E-state index in [1.807, 2.05) is 0 Å². The van der Waals surface area contributed by atoms with Crippen LogP contribution < -0.4 is 0 Å². The second-order valence-electron chi connectivity index (χ2n) is 10.9. The van der Waals surface area contributed by atoms with Crippen molar-refractivity contribution in [3.8, 4) is 22.5 Å². The maximum absolute atomic E-state index is 12.8. The molecule has 2 fully saturated rings. The molecule has 0 aliphatic heterocycles. The average molecular weight is 447 g/mol. The van der Waals surface area contributed by atoms with Gasteiger partial charge in [0.2, 0.25) is 0 Å². The Hall–Kier alpha value is -3.13. The molecule has 1 aromatic heterocycles. The Labute approximate surface area is 201 Å². The summed E-state index contributed by atoms with van der Waals surface area (Å²) in [6, 6.07) is 25.9. The zero-order chi connectivity index (χ0) is 22.9. The molecule has 0 amide bonds. The van der Waals surface area contributed by atoms with Crippen LogP contribution in [0.2, 0.25) is 0 Å². The standard InChI is InChI=1S/C32H30O2/c1-32-17-16-23-24(27(32)14-15-29(32)33)13-12-22-18-28-26(19-25(22)23)30(20-8-4-2-5-9-20)31(34-28)21-10-6-3-7-11-21/h2-11,18-19,23-24,27H,12-17H2,1H3/t23-,24+,27-,32-/m0/s1. The van der Waals surface area contributed by atoms with Crippen LogP contribution in [0.3, 0.4) is 0 Å². The lowest BCUT2D eigenvalue weighted by atomic mass is 9.55. The van der Waals surface area contributed by atoms with Gasteiger partial charge in [-0.05, 0) is 78.7 Å². The maximum Gasteiger partial charge on any atom is 0.143 e. The average Bonchev–Trinajstić information content (AvgIpc) is 3.40. The van der Waals surface area contributed by atoms with Crippen LogP contribution in [0.15, 0.2) is 77.2 Å². The van der Waals surface area contributed by atoms with Crippen LogP contribution in [0.5, 0.6) is 0 Å². The fourth-order valence-corrected chi connectivity index (χ4v) is 7.62. The zero-order valence-electron chi connectivity index (χ0n) is 19.7. The number of carbonyl (C=O) groups excluding carboxylic acids is 1. The molecule has 3 aliphatic carbocycles. The number of ketones is 1. The van der Waals surface area contributed by atoms with Gasteiger partial charge in [0.05, 0.1) is 0 Å². The third-order valence-electron chi connectivity index (χ3n) is 9.34. The molecule has 170 valence electrons. The van der Waals surface area contributed by atoms with E-state index in [0.29, 0.717) is 23.5 Å². The molecule has 2 heteroatoms. The maximum atomic E-state index is 12.8. The molecular weight excluding hydrogens is 416 g/mol. The molecule has 0 radical (unpaired) electrons. The second-order valence-corrected chi connectivity index (χ2v) is 10.9. The molecule has 0 saturated heterocycles. The van der Waals surface area contributed by atoms with Crippen LogP contribution in [0.1, 0.15) is 56.1 Å². The number of Topliss-reactive ketones (excluding diaryl/α,β-unsaturated/α-hetero) is 1. The van der Waals surface area contributed by atoms with Gasteiger partial charge in [-0.25, -0.2) is 0 Å². The Bertz CT molecular complexity index is 1400. The lowest BCUT2D eigenvalue weighted by molar-refractivity contribution is -0.129. The van der Waals surface area contributed by atoms with E-state index in [4.69, 9.17) is 4.42 Å². The normalized spacial score (nSPS) is 27.9. The number of hydrogen-bond acceptors (Lipinski definition) is 2. The summed E-state index contributed by atoms with van der Waals surface area (Å²) in [4.78, 5) is 12.8. The van der Waals surface area contributed by atoms with Crippen LogP contribution in [-0.4, -0.2) is 5.78 Å². The van der Waals surface area contributed by atoms with Gasteiger partial charge < -0.3 is 4.42 Å². The van der Waals surface area contributed by atoms with Gasteiger partial charge >= 0.3 is 0 Å². The molecule has 2 nitrogen and oxygen atoms in total. The number of rotatable bonds is 2. The van der Waals surface area contributed by atoms with Crippen molar-refractivity contribution in [1.29, 1.82) is 0 Å². The van der Waals surface area contributed by atoms with Crippen LogP contribution in [0.4, 0.5) is 0 Å². The molecular formula is C32H30O2. The van der Waals surface area contributed by atoms with Crippen molar-refractivity contribution >= 4 is 16.8 Å². The van der Waals surface area contributed by atoms with Gasteiger partial charge in [0.15, 0.2) is 0 Å². The summed E-state index contributed by atoms with van der Waals surface area (Å²) in [6.07, 6.45) is 6.35. The minimum Gasteiger partial charge on any atom is -0.455 e. The van der Waals surface area contributed by atoms with Crippen LogP contribution in [0.25, 0.3) is 33.4 Å². The smallest absolute Gasteiger partial charge is 0.143 e. The fourth-order valence-electron chi connectivity index (χ4n) is 7.62. The third-order valence-corrected chi connectivity index (χ3v) is 9.34. The minimum absolute atomic E-state index is 0.0753. The summed E-state index contributed by atoms with van der Waals surface area (Å²) in [6.45, 7) is 2.26. The summed E-state index contributed by atoms with van der Waals surface area (Å²) in [5.41, 5.74) is 7.40. The number of hydrogen-bond donors (Lipinski definition) is 0. The molecule has 0 unspecified atom stereocenters. The number of aryl methyl sites for hydroxylation is 1. The lowest BCUT2D eigenvalue weighted by Gasteiger charge is -2.48. The molecule has 4 atom stereocenters. The predicted molar refractivity (Wildman–Crippen MR) is 137 cm³/mol. The Balaban J connectivity index is 1.41. The monoisotopic (exact) mass is 446 g/mol. The van der Waals surface area contributed by atoms with Gasteiger partial charge in [-0.2, -0.15) is 0 Å². The van der Waals surface area contributed by atoms with E-state index in [0.717, 1.165) is 49.0 Å². The topological polar surface area (TPSA) is 30.2 Å². The summed E-state index contributed by atoms with van der Waals surface area (Å²) in [7, 11) is 0. The molecule has 4 aromatic rings. The van der Waals surface area contributed by atoms with Crippen LogP contribution in [-0.2, 0) is 11.2 Å². The highest BCUT2D eigenvalue weighted by molar-refractivity contribution is 6.02. The molecule has 1 heterocycles. The largest absolute Gasteiger partial charge is 0.455 e. The highest BCUT2D eigenvalue weighted by Gasteiger charge is 2.54. The second kappa shape index (κ2) is 7.43. The molecule has 0 N–H and O–H groups in total. The molecule has 0 spiro atoms. The number of carbonyl (C=O) groups is 1. The Morgan fingerprint density at radius 1 is 0.853 bits per heavy atom. The summed E-state index contributed by atoms with van der Waals surface area (Å²) in [5.74, 6) is 3.23. The third kappa shape index (κ3) is 2.84. The summed E-state index contributed by atoms with van der Waals surface area (Å²) in [5, 5.41) is 1.22. The van der Waals surface area contributed by atoms with Crippen molar-refractivity contribution in [2.75, 3.05) is 0 Å². The quantitative estimate of drug-likeness (QED) is 0.311. The first-order valence-corrected chi connectivity index (χ1v) is 12.9. The van der Waals surface area contributed by atoms with Crippen molar-refractivity contribution < 1.29 is 9.21 Å². The van der Waals surface area contributed by atoms with E-state index in [1.165, 1.54) is 34.1 Å². The van der Waals surface area contributed by atoms with Gasteiger partial charge in [0.1, 0.15) is 17.1 Å². The van der Waals surface area contributed by atoms with Crippen molar-refractivity contribution in [2.45, 2.75) is 51.4 Å². The first kappa shape index (κ1) is 20.3. The molecule has 3 aliphatic rings. The molecule has 34 heavy (non-hydrogen) atoms. The van der Waals surface area contributed by atoms with Crippen LogP contribution >= 0.6 is 0 Å². The number of furan rings is 1. The molecule has 0 bridgehead atoms. The SMILES string of the molecule is C[C@]12CC[C@@H]3c4cc5c(-c6ccccc6)c(-c6ccccc6)oc5cc4CC[C@H]3[C@@H]1CCC2=O. The van der Waals surface area contributed by atoms with Gasteiger partial charge in [0, 0.05) is 28.3 Å². The van der Waals surface area contributed by atoms with E-state index in [1.54, 1.807) is 0 Å². The van der Waals surface area contributed by atoms with Gasteiger partial charge in [-0.15, -0.1) is 0 Å². The zero-order valence-corrected chi connectivity index (χ0v) is 19.7. The molecule has 3 aromatic carbocycles. The van der Waals surface area contributed by atoms with E-state index in [9.17, 15) is 4.79 Å². The number of benzene rings is 3. The van der Waals surface area contributed by atoms with Crippen molar-refractivity contribution in [2.24, 2.45) is 17.3 Å². The Kier molecular flexibility index (Phi) is 4.43. The van der Waals surface area contributed by atoms with Crippen molar-refractivity contribution in [1.82, 2.24) is 0 Å². The van der Waals surface area contributed by atoms with Crippen molar-refractivity contribution in [3.05, 3.63) is 83.9 Å². The van der Waals surface area contributed by atoms with E-state index >= 15 is 0 Å². The molecule has 7 rings (SSSR count). The highest BCUT2D eigenvalue weighted by Crippen LogP contribution is 2.60.